The van der Waals surface area contributed by atoms with Gasteiger partial charge in [0.2, 0.25) is 5.95 Å². The average molecular weight is 664 g/mol. The molecule has 252 valence electrons. The minimum Gasteiger partial charge on any atom is -0.504 e. The fourth-order valence-electron chi connectivity index (χ4n) is 5.01. The molecule has 13 heteroatoms. The van der Waals surface area contributed by atoms with Gasteiger partial charge >= 0.3 is 5.97 Å². The highest BCUT2D eigenvalue weighted by molar-refractivity contribution is 6.04. The van der Waals surface area contributed by atoms with E-state index in [0.29, 0.717) is 17.2 Å². The lowest BCUT2D eigenvalue weighted by Gasteiger charge is -2.32. The lowest BCUT2D eigenvalue weighted by atomic mass is 10.1. The zero-order valence-corrected chi connectivity index (χ0v) is 27.0. The summed E-state index contributed by atoms with van der Waals surface area (Å²) in [6, 6.07) is 21.0. The van der Waals surface area contributed by atoms with Crippen molar-refractivity contribution in [2.75, 3.05) is 43.9 Å². The Balaban J connectivity index is 0.000000330. The summed E-state index contributed by atoms with van der Waals surface area (Å²) in [5, 5.41) is 41.2. The van der Waals surface area contributed by atoms with Gasteiger partial charge in [-0.25, -0.2) is 14.8 Å². The van der Waals surface area contributed by atoms with E-state index in [0.717, 1.165) is 67.4 Å². The molecule has 49 heavy (non-hydrogen) atoms. The van der Waals surface area contributed by atoms with Gasteiger partial charge in [-0.2, -0.15) is 0 Å². The number of aromatic hydroxyl groups is 3. The van der Waals surface area contributed by atoms with Crippen molar-refractivity contribution < 1.29 is 30.0 Å². The Hall–Kier alpha value is -6.05. The van der Waals surface area contributed by atoms with Crippen LogP contribution in [-0.2, 0) is 6.54 Å². The molecule has 6 N–H and O–H groups in total. The number of phenols is 3. The maximum absolute atomic E-state index is 12.9. The van der Waals surface area contributed by atoms with E-state index < -0.39 is 23.2 Å². The third-order valence-electron chi connectivity index (χ3n) is 7.89. The Morgan fingerprint density at radius 1 is 0.857 bits per heavy atom. The summed E-state index contributed by atoms with van der Waals surface area (Å²) in [5.41, 5.74) is 5.79. The standard InChI is InChI=1S/C29H31N7O.C7H6O5/c1-21-5-10-25(18-27(21)34-29-31-13-11-26(33-29)24-4-3-12-30-19-24)32-28(37)23-8-6-22(7-9-23)20-36-16-14-35(2)15-17-36;8-4-1-3(7(11)12)2-5(9)6(4)10/h3-13,18-19H,14-17,20H2,1-2H3,(H,32,37)(H,31,33,34);1-2,8-10H,(H,11,12). The van der Waals surface area contributed by atoms with Gasteiger partial charge in [-0.1, -0.05) is 18.2 Å². The van der Waals surface area contributed by atoms with Crippen molar-refractivity contribution in [2.24, 2.45) is 0 Å². The van der Waals surface area contributed by atoms with Crippen LogP contribution >= 0.6 is 0 Å². The molecule has 1 fully saturated rings. The molecule has 6 rings (SSSR count). The summed E-state index contributed by atoms with van der Waals surface area (Å²) < 4.78 is 0. The van der Waals surface area contributed by atoms with Gasteiger partial charge in [-0.15, -0.1) is 0 Å². The van der Waals surface area contributed by atoms with Crippen molar-refractivity contribution >= 4 is 29.2 Å². The number of carboxylic acids is 1. The lowest BCUT2D eigenvalue weighted by molar-refractivity contribution is 0.0695. The van der Waals surface area contributed by atoms with Crippen LogP contribution in [-0.4, -0.2) is 90.3 Å². The van der Waals surface area contributed by atoms with E-state index in [1.165, 1.54) is 5.56 Å². The van der Waals surface area contributed by atoms with Crippen LogP contribution in [0.5, 0.6) is 17.2 Å². The fraction of sp³-hybridized carbons (Fsp3) is 0.194. The number of rotatable bonds is 8. The Labute approximate surface area is 283 Å². The zero-order chi connectivity index (χ0) is 34.9. The predicted octanol–water partition coefficient (Wildman–Crippen LogP) is 5.09. The number of aromatic carboxylic acids is 1. The van der Waals surface area contributed by atoms with Crippen LogP contribution in [0.3, 0.4) is 0 Å². The average Bonchev–Trinajstić information content (AvgIpc) is 3.10. The Morgan fingerprint density at radius 3 is 2.22 bits per heavy atom. The number of anilines is 3. The highest BCUT2D eigenvalue weighted by atomic mass is 16.4. The van der Waals surface area contributed by atoms with Gasteiger partial charge in [0.25, 0.3) is 5.91 Å². The molecule has 3 aromatic carbocycles. The number of piperazine rings is 1. The molecule has 0 radical (unpaired) electrons. The number of hydrogen-bond donors (Lipinski definition) is 6. The quantitative estimate of drug-likeness (QED) is 0.121. The first-order chi connectivity index (χ1) is 23.5. The van der Waals surface area contributed by atoms with E-state index in [1.54, 1.807) is 18.6 Å². The number of amides is 1. The number of carboxylic acid groups (broad SMARTS) is 1. The van der Waals surface area contributed by atoms with Crippen LogP contribution < -0.4 is 10.6 Å². The number of likely N-dealkylation sites (N-methyl/N-ethyl adjacent to an activating group) is 1. The molecule has 0 unspecified atom stereocenters. The molecule has 0 aliphatic carbocycles. The van der Waals surface area contributed by atoms with Crippen LogP contribution in [0.15, 0.2) is 91.4 Å². The number of phenolic OH excluding ortho intramolecular Hbond substituents is 3. The minimum atomic E-state index is -1.29. The number of benzene rings is 3. The second-order valence-electron chi connectivity index (χ2n) is 11.6. The molecule has 0 bridgehead atoms. The van der Waals surface area contributed by atoms with Gasteiger partial charge in [0.15, 0.2) is 17.2 Å². The van der Waals surface area contributed by atoms with Crippen molar-refractivity contribution in [1.82, 2.24) is 24.8 Å². The van der Waals surface area contributed by atoms with Gasteiger partial charge in [0.1, 0.15) is 0 Å². The van der Waals surface area contributed by atoms with E-state index in [-0.39, 0.29) is 11.5 Å². The van der Waals surface area contributed by atoms with Gasteiger partial charge in [-0.05, 0) is 79.7 Å². The maximum Gasteiger partial charge on any atom is 0.335 e. The number of carbonyl (C=O) groups is 2. The second-order valence-corrected chi connectivity index (χ2v) is 11.6. The number of hydrogen-bond acceptors (Lipinski definition) is 11. The summed E-state index contributed by atoms with van der Waals surface area (Å²) >= 11 is 0. The van der Waals surface area contributed by atoms with E-state index in [4.69, 9.17) is 20.4 Å². The van der Waals surface area contributed by atoms with Crippen molar-refractivity contribution in [3.05, 3.63) is 114 Å². The first kappa shape index (κ1) is 34.3. The molecular weight excluding hydrogens is 626 g/mol. The fourth-order valence-corrected chi connectivity index (χ4v) is 5.01. The van der Waals surface area contributed by atoms with Crippen molar-refractivity contribution in [1.29, 1.82) is 0 Å². The van der Waals surface area contributed by atoms with Crippen LogP contribution in [0.25, 0.3) is 11.3 Å². The number of pyridine rings is 1. The van der Waals surface area contributed by atoms with Gasteiger partial charge in [0, 0.05) is 73.8 Å². The topological polar surface area (TPSA) is 184 Å². The molecule has 2 aromatic heterocycles. The van der Waals surface area contributed by atoms with E-state index >= 15 is 0 Å². The number of aromatic nitrogens is 3. The number of nitrogens with one attached hydrogen (secondary N) is 2. The molecule has 1 aliphatic rings. The van der Waals surface area contributed by atoms with Crippen molar-refractivity contribution in [3.63, 3.8) is 0 Å². The summed E-state index contributed by atoms with van der Waals surface area (Å²) in [6.07, 6.45) is 5.22. The Kier molecular flexibility index (Phi) is 11.0. The molecule has 1 saturated heterocycles. The summed E-state index contributed by atoms with van der Waals surface area (Å²) in [7, 11) is 2.16. The van der Waals surface area contributed by atoms with Crippen LogP contribution in [0.1, 0.15) is 31.8 Å². The molecule has 0 saturated carbocycles. The molecule has 0 atom stereocenters. The first-order valence-electron chi connectivity index (χ1n) is 15.5. The number of carbonyl (C=O) groups excluding carboxylic acids is 1. The van der Waals surface area contributed by atoms with E-state index in [1.807, 2.05) is 67.6 Å². The van der Waals surface area contributed by atoms with Crippen molar-refractivity contribution in [2.45, 2.75) is 13.5 Å². The van der Waals surface area contributed by atoms with E-state index in [2.05, 4.69) is 42.4 Å². The lowest BCUT2D eigenvalue weighted by Crippen LogP contribution is -2.43. The highest BCUT2D eigenvalue weighted by Gasteiger charge is 2.15. The normalized spacial score (nSPS) is 13.2. The molecule has 3 heterocycles. The first-order valence-corrected chi connectivity index (χ1v) is 15.5. The molecular formula is C36H37N7O6. The zero-order valence-electron chi connectivity index (χ0n) is 27.0. The van der Waals surface area contributed by atoms with Crippen LogP contribution in [0.4, 0.5) is 17.3 Å². The van der Waals surface area contributed by atoms with Crippen molar-refractivity contribution in [3.8, 4) is 28.5 Å². The van der Waals surface area contributed by atoms with Crippen LogP contribution in [0, 0.1) is 6.92 Å². The second kappa shape index (κ2) is 15.7. The monoisotopic (exact) mass is 663 g/mol. The number of nitrogens with zero attached hydrogens (tertiary/aromatic N) is 5. The third-order valence-corrected chi connectivity index (χ3v) is 7.89. The maximum atomic E-state index is 12.9. The molecule has 0 spiro atoms. The van der Waals surface area contributed by atoms with Gasteiger partial charge in [-0.3, -0.25) is 14.7 Å². The smallest absolute Gasteiger partial charge is 0.335 e. The molecule has 1 amide bonds. The Morgan fingerprint density at radius 2 is 1.57 bits per heavy atom. The largest absolute Gasteiger partial charge is 0.504 e. The Bertz CT molecular complexity index is 1890. The van der Waals surface area contributed by atoms with Gasteiger partial charge < -0.3 is 36.0 Å². The SMILES string of the molecule is Cc1ccc(NC(=O)c2ccc(CN3CCN(C)CC3)cc2)cc1Nc1nccc(-c2cccnc2)n1.O=C(O)c1cc(O)c(O)c(O)c1. The molecule has 5 aromatic rings. The molecule has 1 aliphatic heterocycles. The number of aryl methyl sites for hydroxylation is 1. The summed E-state index contributed by atoms with van der Waals surface area (Å²) in [6.45, 7) is 7.24. The van der Waals surface area contributed by atoms with Crippen LogP contribution in [0.2, 0.25) is 0 Å². The summed E-state index contributed by atoms with van der Waals surface area (Å²) in [4.78, 5) is 41.2. The minimum absolute atomic E-state index is 0.143. The van der Waals surface area contributed by atoms with Gasteiger partial charge in [0.05, 0.1) is 11.3 Å². The predicted molar refractivity (Wildman–Crippen MR) is 185 cm³/mol. The third kappa shape index (κ3) is 9.28. The summed E-state index contributed by atoms with van der Waals surface area (Å²) in [5.74, 6) is -3.00. The molecule has 13 nitrogen and oxygen atoms in total. The highest BCUT2D eigenvalue weighted by Crippen LogP contribution is 2.35. The van der Waals surface area contributed by atoms with E-state index in [9.17, 15) is 9.59 Å².